The zero-order valence-electron chi connectivity index (χ0n) is 10.5. The molecule has 4 nitrogen and oxygen atoms in total. The monoisotopic (exact) mass is 265 g/mol. The zero-order chi connectivity index (χ0) is 13.0. The SMILES string of the molecule is CCOc1cccc(-n2cc(C(Cl)CC)nn2)c1. The molecular weight excluding hydrogens is 250 g/mol. The third-order valence-corrected chi connectivity index (χ3v) is 3.12. The summed E-state index contributed by atoms with van der Waals surface area (Å²) in [6.45, 7) is 4.62. The molecule has 0 amide bonds. The maximum Gasteiger partial charge on any atom is 0.121 e. The number of hydrogen-bond donors (Lipinski definition) is 0. The normalized spacial score (nSPS) is 12.4. The summed E-state index contributed by atoms with van der Waals surface area (Å²) in [5, 5.41) is 8.07. The Balaban J connectivity index is 2.25. The van der Waals surface area contributed by atoms with Crippen molar-refractivity contribution in [2.45, 2.75) is 25.6 Å². The number of halogens is 1. The number of alkyl halides is 1. The molecule has 0 N–H and O–H groups in total. The molecule has 1 unspecified atom stereocenters. The standard InChI is InChI=1S/C13H16ClN3O/c1-3-12(14)13-9-17(16-15-13)10-6-5-7-11(8-10)18-4-2/h5-9,12H,3-4H2,1-2H3. The summed E-state index contributed by atoms with van der Waals surface area (Å²) in [4.78, 5) is 0. The van der Waals surface area contributed by atoms with Crippen LogP contribution >= 0.6 is 11.6 Å². The van der Waals surface area contributed by atoms with E-state index in [4.69, 9.17) is 16.3 Å². The number of aromatic nitrogens is 3. The Morgan fingerprint density at radius 2 is 2.22 bits per heavy atom. The lowest BCUT2D eigenvalue weighted by Crippen LogP contribution is -1.97. The highest BCUT2D eigenvalue weighted by atomic mass is 35.5. The molecule has 1 aromatic carbocycles. The molecule has 96 valence electrons. The van der Waals surface area contributed by atoms with Crippen molar-refractivity contribution in [2.75, 3.05) is 6.61 Å². The molecule has 0 spiro atoms. The number of rotatable bonds is 5. The molecule has 0 fully saturated rings. The summed E-state index contributed by atoms with van der Waals surface area (Å²) < 4.78 is 7.17. The van der Waals surface area contributed by atoms with Gasteiger partial charge in [0.1, 0.15) is 11.4 Å². The number of nitrogens with zero attached hydrogens (tertiary/aromatic N) is 3. The van der Waals surface area contributed by atoms with E-state index < -0.39 is 0 Å². The molecule has 0 aliphatic heterocycles. The molecule has 0 saturated heterocycles. The molecular formula is C13H16ClN3O. The van der Waals surface area contributed by atoms with Crippen LogP contribution in [0, 0.1) is 0 Å². The summed E-state index contributed by atoms with van der Waals surface area (Å²) in [6, 6.07) is 7.73. The summed E-state index contributed by atoms with van der Waals surface area (Å²) in [7, 11) is 0. The third-order valence-electron chi connectivity index (χ3n) is 2.58. The first-order valence-electron chi connectivity index (χ1n) is 6.04. The van der Waals surface area contributed by atoms with E-state index in [2.05, 4.69) is 10.3 Å². The van der Waals surface area contributed by atoms with Crippen molar-refractivity contribution in [3.05, 3.63) is 36.2 Å². The first kappa shape index (κ1) is 12.9. The molecule has 0 aliphatic carbocycles. The lowest BCUT2D eigenvalue weighted by molar-refractivity contribution is 0.340. The van der Waals surface area contributed by atoms with Gasteiger partial charge in [0.15, 0.2) is 0 Å². The van der Waals surface area contributed by atoms with Crippen LogP contribution in [0.25, 0.3) is 5.69 Å². The van der Waals surface area contributed by atoms with Gasteiger partial charge in [-0.25, -0.2) is 4.68 Å². The highest BCUT2D eigenvalue weighted by Gasteiger charge is 2.10. The van der Waals surface area contributed by atoms with E-state index in [-0.39, 0.29) is 5.38 Å². The van der Waals surface area contributed by atoms with Gasteiger partial charge in [-0.3, -0.25) is 0 Å². The largest absolute Gasteiger partial charge is 0.494 e. The lowest BCUT2D eigenvalue weighted by atomic mass is 10.2. The Bertz CT molecular complexity index is 512. The quantitative estimate of drug-likeness (QED) is 0.779. The predicted molar refractivity (Wildman–Crippen MR) is 71.4 cm³/mol. The molecule has 0 radical (unpaired) electrons. The maximum atomic E-state index is 6.13. The van der Waals surface area contributed by atoms with Crippen molar-refractivity contribution in [3.8, 4) is 11.4 Å². The van der Waals surface area contributed by atoms with Crippen LogP contribution in [-0.2, 0) is 0 Å². The highest BCUT2D eigenvalue weighted by molar-refractivity contribution is 6.20. The van der Waals surface area contributed by atoms with Crippen molar-refractivity contribution in [1.82, 2.24) is 15.0 Å². The molecule has 5 heteroatoms. The van der Waals surface area contributed by atoms with Crippen molar-refractivity contribution in [3.63, 3.8) is 0 Å². The predicted octanol–water partition coefficient (Wildman–Crippen LogP) is 3.36. The second kappa shape index (κ2) is 5.87. The van der Waals surface area contributed by atoms with Gasteiger partial charge >= 0.3 is 0 Å². The van der Waals surface area contributed by atoms with Crippen molar-refractivity contribution in [2.24, 2.45) is 0 Å². The number of ether oxygens (including phenoxy) is 1. The minimum absolute atomic E-state index is 0.0891. The van der Waals surface area contributed by atoms with E-state index in [9.17, 15) is 0 Å². The van der Waals surface area contributed by atoms with Gasteiger partial charge in [0.25, 0.3) is 0 Å². The zero-order valence-corrected chi connectivity index (χ0v) is 11.3. The minimum Gasteiger partial charge on any atom is -0.494 e. The van der Waals surface area contributed by atoms with Gasteiger partial charge < -0.3 is 4.74 Å². The fraction of sp³-hybridized carbons (Fsp3) is 0.385. The first-order valence-corrected chi connectivity index (χ1v) is 6.47. The molecule has 1 aromatic heterocycles. The van der Waals surface area contributed by atoms with Crippen LogP contribution in [0.3, 0.4) is 0 Å². The van der Waals surface area contributed by atoms with Crippen LogP contribution in [0.15, 0.2) is 30.5 Å². The van der Waals surface area contributed by atoms with Crippen molar-refractivity contribution >= 4 is 11.6 Å². The van der Waals surface area contributed by atoms with E-state index in [1.165, 1.54) is 0 Å². The molecule has 18 heavy (non-hydrogen) atoms. The Morgan fingerprint density at radius 3 is 2.94 bits per heavy atom. The summed E-state index contributed by atoms with van der Waals surface area (Å²) in [6.07, 6.45) is 2.69. The average Bonchev–Trinajstić information content (AvgIpc) is 2.88. The lowest BCUT2D eigenvalue weighted by Gasteiger charge is -2.05. The Labute approximate surface area is 112 Å². The molecule has 2 aromatic rings. The molecule has 1 heterocycles. The number of hydrogen-bond acceptors (Lipinski definition) is 3. The van der Waals surface area contributed by atoms with Crippen LogP contribution in [-0.4, -0.2) is 21.6 Å². The third kappa shape index (κ3) is 2.82. The second-order valence-corrected chi connectivity index (χ2v) is 4.42. The molecule has 0 bridgehead atoms. The Hall–Kier alpha value is -1.55. The van der Waals surface area contributed by atoms with Gasteiger partial charge in [-0.15, -0.1) is 16.7 Å². The summed E-state index contributed by atoms with van der Waals surface area (Å²) in [5.41, 5.74) is 1.71. The van der Waals surface area contributed by atoms with Crippen molar-refractivity contribution in [1.29, 1.82) is 0 Å². The Morgan fingerprint density at radius 1 is 1.39 bits per heavy atom. The van der Waals surface area contributed by atoms with Gasteiger partial charge in [-0.05, 0) is 25.5 Å². The van der Waals surface area contributed by atoms with Gasteiger partial charge in [-0.2, -0.15) is 0 Å². The van der Waals surface area contributed by atoms with Crippen LogP contribution in [0.5, 0.6) is 5.75 Å². The fourth-order valence-electron chi connectivity index (χ4n) is 1.64. The van der Waals surface area contributed by atoms with Crippen LogP contribution in [0.1, 0.15) is 31.3 Å². The van der Waals surface area contributed by atoms with E-state index >= 15 is 0 Å². The maximum absolute atomic E-state index is 6.13. The van der Waals surface area contributed by atoms with Crippen LogP contribution in [0.2, 0.25) is 0 Å². The van der Waals surface area contributed by atoms with E-state index in [1.54, 1.807) is 4.68 Å². The molecule has 0 aliphatic rings. The van der Waals surface area contributed by atoms with Gasteiger partial charge in [0, 0.05) is 6.07 Å². The smallest absolute Gasteiger partial charge is 0.121 e. The fourth-order valence-corrected chi connectivity index (χ4v) is 1.74. The van der Waals surface area contributed by atoms with Crippen LogP contribution < -0.4 is 4.74 Å². The van der Waals surface area contributed by atoms with Crippen molar-refractivity contribution < 1.29 is 4.74 Å². The van der Waals surface area contributed by atoms with E-state index in [0.717, 1.165) is 23.6 Å². The van der Waals surface area contributed by atoms with E-state index in [1.807, 2.05) is 44.3 Å². The highest BCUT2D eigenvalue weighted by Crippen LogP contribution is 2.22. The minimum atomic E-state index is -0.0891. The summed E-state index contributed by atoms with van der Waals surface area (Å²) in [5.74, 6) is 0.824. The summed E-state index contributed by atoms with van der Waals surface area (Å²) >= 11 is 6.13. The molecule has 2 rings (SSSR count). The number of benzene rings is 1. The van der Waals surface area contributed by atoms with Gasteiger partial charge in [0.05, 0.1) is 23.9 Å². The average molecular weight is 266 g/mol. The first-order chi connectivity index (χ1) is 8.74. The van der Waals surface area contributed by atoms with E-state index in [0.29, 0.717) is 6.61 Å². The van der Waals surface area contributed by atoms with Crippen LogP contribution in [0.4, 0.5) is 0 Å². The Kier molecular flexibility index (Phi) is 4.20. The van der Waals surface area contributed by atoms with Gasteiger partial charge in [-0.1, -0.05) is 18.2 Å². The second-order valence-electron chi connectivity index (χ2n) is 3.89. The molecule has 0 saturated carbocycles. The topological polar surface area (TPSA) is 39.9 Å². The molecule has 1 atom stereocenters. The van der Waals surface area contributed by atoms with Gasteiger partial charge in [0.2, 0.25) is 0 Å².